The Hall–Kier alpha value is -1.62. The fourth-order valence-electron chi connectivity index (χ4n) is 6.90. The van der Waals surface area contributed by atoms with Gasteiger partial charge in [0.2, 0.25) is 9.04 Å². The largest absolute Gasteiger partial charge is 0.497 e. The van der Waals surface area contributed by atoms with Gasteiger partial charge in [-0.15, -0.1) is 0 Å². The second-order valence-electron chi connectivity index (χ2n) is 12.3. The van der Waals surface area contributed by atoms with Gasteiger partial charge in [0.05, 0.1) is 13.2 Å². The summed E-state index contributed by atoms with van der Waals surface area (Å²) in [6.07, 6.45) is 7.82. The number of piperidine rings is 1. The first kappa shape index (κ1) is 26.4. The van der Waals surface area contributed by atoms with E-state index < -0.39 is 9.04 Å². The Balaban J connectivity index is 1.58. The third kappa shape index (κ3) is 5.70. The molecule has 3 nitrogen and oxygen atoms in total. The number of hydrogen-bond donors (Lipinski definition) is 0. The number of rotatable bonds is 8. The quantitative estimate of drug-likeness (QED) is 0.363. The fourth-order valence-corrected chi connectivity index (χ4v) is 7.95. The molecule has 0 spiro atoms. The molecule has 1 radical (unpaired) electrons. The van der Waals surface area contributed by atoms with Crippen molar-refractivity contribution in [1.29, 1.82) is 0 Å². The Morgan fingerprint density at radius 2 is 1.46 bits per heavy atom. The summed E-state index contributed by atoms with van der Waals surface area (Å²) in [6.45, 7) is 15.1. The van der Waals surface area contributed by atoms with Gasteiger partial charge in [-0.05, 0) is 80.5 Å². The van der Waals surface area contributed by atoms with Crippen LogP contribution in [0.4, 0.5) is 0 Å². The molecular weight excluding hydrogens is 446 g/mol. The smallest absolute Gasteiger partial charge is 0.205 e. The van der Waals surface area contributed by atoms with Crippen molar-refractivity contribution in [2.75, 3.05) is 26.7 Å². The van der Waals surface area contributed by atoms with Gasteiger partial charge < -0.3 is 14.1 Å². The molecule has 35 heavy (non-hydrogen) atoms. The number of benzene rings is 2. The lowest BCUT2D eigenvalue weighted by Crippen LogP contribution is -2.56. The summed E-state index contributed by atoms with van der Waals surface area (Å²) in [5.41, 5.74) is 3.41. The molecule has 2 aliphatic rings. The summed E-state index contributed by atoms with van der Waals surface area (Å²) in [4.78, 5) is 2.76. The molecule has 1 unspecified atom stereocenters. The first-order chi connectivity index (χ1) is 16.7. The molecule has 1 atom stereocenters. The van der Waals surface area contributed by atoms with Gasteiger partial charge in [-0.1, -0.05) is 76.1 Å². The van der Waals surface area contributed by atoms with Crippen LogP contribution in [0, 0.1) is 5.41 Å². The van der Waals surface area contributed by atoms with E-state index in [1.807, 2.05) is 0 Å². The minimum Gasteiger partial charge on any atom is -0.497 e. The zero-order valence-electron chi connectivity index (χ0n) is 22.9. The molecule has 1 aliphatic carbocycles. The highest BCUT2D eigenvalue weighted by molar-refractivity contribution is 6.48. The average molecular weight is 493 g/mol. The molecule has 0 aromatic heterocycles. The molecule has 1 heterocycles. The SMILES string of the molecule is COc1ccc(C2(CN3CCC(c4ccccc4)(C(O[Si](C)C)C(C)(C)C)CC3)CCCC2)cc1. The summed E-state index contributed by atoms with van der Waals surface area (Å²) in [5.74, 6) is 0.952. The number of nitrogens with zero attached hydrogens (tertiary/aromatic N) is 1. The molecule has 0 bridgehead atoms. The molecule has 1 saturated carbocycles. The maximum Gasteiger partial charge on any atom is 0.205 e. The maximum absolute atomic E-state index is 6.86. The van der Waals surface area contributed by atoms with Gasteiger partial charge in [0.25, 0.3) is 0 Å². The van der Waals surface area contributed by atoms with Crippen LogP contribution in [0.5, 0.6) is 5.75 Å². The predicted octanol–water partition coefficient (Wildman–Crippen LogP) is 7.22. The Labute approximate surface area is 215 Å². The van der Waals surface area contributed by atoms with Crippen molar-refractivity contribution in [2.45, 2.75) is 89.3 Å². The highest BCUT2D eigenvalue weighted by Gasteiger charge is 2.49. The fraction of sp³-hybridized carbons (Fsp3) is 0.613. The van der Waals surface area contributed by atoms with Crippen molar-refractivity contribution >= 4 is 9.04 Å². The molecule has 2 aromatic carbocycles. The number of likely N-dealkylation sites (tertiary alicyclic amines) is 1. The molecule has 191 valence electrons. The lowest BCUT2D eigenvalue weighted by atomic mass is 9.62. The van der Waals surface area contributed by atoms with Crippen molar-refractivity contribution < 1.29 is 9.16 Å². The Bertz CT molecular complexity index is 921. The molecule has 1 aliphatic heterocycles. The minimum absolute atomic E-state index is 0.0703. The van der Waals surface area contributed by atoms with E-state index in [1.54, 1.807) is 7.11 Å². The normalized spacial score (nSPS) is 21.2. The van der Waals surface area contributed by atoms with E-state index in [0.29, 0.717) is 0 Å². The lowest BCUT2D eigenvalue weighted by molar-refractivity contribution is -0.0228. The Kier molecular flexibility index (Phi) is 8.14. The van der Waals surface area contributed by atoms with Crippen molar-refractivity contribution in [3.05, 3.63) is 65.7 Å². The van der Waals surface area contributed by atoms with E-state index in [1.165, 1.54) is 43.4 Å². The van der Waals surface area contributed by atoms with Crippen LogP contribution in [-0.4, -0.2) is 46.8 Å². The molecule has 2 fully saturated rings. The molecule has 0 amide bonds. The first-order valence-electron chi connectivity index (χ1n) is 13.6. The highest BCUT2D eigenvalue weighted by Crippen LogP contribution is 2.48. The van der Waals surface area contributed by atoms with E-state index in [0.717, 1.165) is 31.7 Å². The van der Waals surface area contributed by atoms with Crippen LogP contribution in [0.2, 0.25) is 13.1 Å². The van der Waals surface area contributed by atoms with Crippen LogP contribution in [0.3, 0.4) is 0 Å². The molecule has 4 heteroatoms. The van der Waals surface area contributed by atoms with Gasteiger partial charge in [-0.3, -0.25) is 0 Å². The van der Waals surface area contributed by atoms with Gasteiger partial charge in [-0.2, -0.15) is 0 Å². The van der Waals surface area contributed by atoms with Gasteiger partial charge in [-0.25, -0.2) is 0 Å². The van der Waals surface area contributed by atoms with Gasteiger partial charge in [0, 0.05) is 17.4 Å². The monoisotopic (exact) mass is 492 g/mol. The van der Waals surface area contributed by atoms with Crippen molar-refractivity contribution in [3.8, 4) is 5.75 Å². The van der Waals surface area contributed by atoms with Gasteiger partial charge in [0.15, 0.2) is 0 Å². The Morgan fingerprint density at radius 1 is 0.857 bits per heavy atom. The topological polar surface area (TPSA) is 21.7 Å². The second kappa shape index (κ2) is 10.8. The van der Waals surface area contributed by atoms with E-state index in [9.17, 15) is 0 Å². The van der Waals surface area contributed by atoms with Crippen LogP contribution in [0.25, 0.3) is 0 Å². The third-order valence-electron chi connectivity index (χ3n) is 8.53. The zero-order valence-corrected chi connectivity index (χ0v) is 23.9. The molecule has 0 N–H and O–H groups in total. The second-order valence-corrected chi connectivity index (χ2v) is 14.3. The first-order valence-corrected chi connectivity index (χ1v) is 16.0. The molecule has 2 aromatic rings. The number of hydrogen-bond acceptors (Lipinski definition) is 3. The van der Waals surface area contributed by atoms with Crippen molar-refractivity contribution in [1.82, 2.24) is 4.90 Å². The summed E-state index contributed by atoms with van der Waals surface area (Å²) >= 11 is 0. The van der Waals surface area contributed by atoms with Crippen molar-refractivity contribution in [3.63, 3.8) is 0 Å². The van der Waals surface area contributed by atoms with Crippen LogP contribution in [0.15, 0.2) is 54.6 Å². The maximum atomic E-state index is 6.86. The minimum atomic E-state index is -0.815. The third-order valence-corrected chi connectivity index (χ3v) is 9.24. The zero-order chi connectivity index (χ0) is 25.1. The number of methoxy groups -OCH3 is 1. The Morgan fingerprint density at radius 3 is 1.97 bits per heavy atom. The summed E-state index contributed by atoms with van der Waals surface area (Å²) in [5, 5.41) is 0. The summed E-state index contributed by atoms with van der Waals surface area (Å²) < 4.78 is 12.3. The molecular formula is C31H46NO2Si. The van der Waals surface area contributed by atoms with E-state index in [4.69, 9.17) is 9.16 Å². The standard InChI is InChI=1S/C31H46NO2Si/c1-29(2,3)28(34-35(5)6)31(26-12-8-7-9-13-26)20-22-32(23-21-31)24-30(18-10-11-19-30)25-14-16-27(33-4)17-15-25/h7-9,12-17,28H,10-11,18-24H2,1-6H3. The van der Waals surface area contributed by atoms with E-state index in [-0.39, 0.29) is 22.3 Å². The van der Waals surface area contributed by atoms with Crippen LogP contribution < -0.4 is 4.74 Å². The van der Waals surface area contributed by atoms with Crippen LogP contribution in [-0.2, 0) is 15.3 Å². The lowest BCUT2D eigenvalue weighted by Gasteiger charge is -2.52. The average Bonchev–Trinajstić information content (AvgIpc) is 3.33. The van der Waals surface area contributed by atoms with E-state index in [2.05, 4.69) is 93.4 Å². The van der Waals surface area contributed by atoms with Crippen LogP contribution in [0.1, 0.15) is 70.4 Å². The van der Waals surface area contributed by atoms with Gasteiger partial charge in [0.1, 0.15) is 5.75 Å². The summed E-state index contributed by atoms with van der Waals surface area (Å²) in [7, 11) is 0.937. The van der Waals surface area contributed by atoms with Crippen molar-refractivity contribution in [2.24, 2.45) is 5.41 Å². The molecule has 1 saturated heterocycles. The van der Waals surface area contributed by atoms with E-state index >= 15 is 0 Å². The highest BCUT2D eigenvalue weighted by atomic mass is 28.3. The molecule has 4 rings (SSSR count). The predicted molar refractivity (Wildman–Crippen MR) is 149 cm³/mol. The number of ether oxygens (including phenoxy) is 1. The van der Waals surface area contributed by atoms with Gasteiger partial charge >= 0.3 is 0 Å². The summed E-state index contributed by atoms with van der Waals surface area (Å²) in [6, 6.07) is 20.2. The van der Waals surface area contributed by atoms with Crippen LogP contribution >= 0.6 is 0 Å².